The van der Waals surface area contributed by atoms with Crippen molar-refractivity contribution in [1.29, 1.82) is 0 Å². The van der Waals surface area contributed by atoms with Crippen LogP contribution in [0.1, 0.15) is 34.6 Å². The fourth-order valence-corrected chi connectivity index (χ4v) is 2.13. The first-order valence-electron chi connectivity index (χ1n) is 7.78. The third kappa shape index (κ3) is 4.66. The van der Waals surface area contributed by atoms with Gasteiger partial charge in [0, 0.05) is 17.3 Å². The van der Waals surface area contributed by atoms with Gasteiger partial charge in [0.1, 0.15) is 11.6 Å². The minimum Gasteiger partial charge on any atom is -0.497 e. The minimum absolute atomic E-state index is 0.143. The second-order valence-corrected chi connectivity index (χ2v) is 5.52. The number of esters is 1. The summed E-state index contributed by atoms with van der Waals surface area (Å²) >= 11 is 0. The molecule has 0 aliphatic heterocycles. The average Bonchev–Trinajstić information content (AvgIpc) is 2.61. The zero-order chi connectivity index (χ0) is 19.3. The predicted molar refractivity (Wildman–Crippen MR) is 92.9 cm³/mol. The van der Waals surface area contributed by atoms with Crippen molar-refractivity contribution >= 4 is 23.3 Å². The molecular weight excluding hydrogens is 341 g/mol. The molecule has 0 saturated carbocycles. The molecule has 26 heavy (non-hydrogen) atoms. The van der Waals surface area contributed by atoms with E-state index in [1.165, 1.54) is 39.2 Å². The summed E-state index contributed by atoms with van der Waals surface area (Å²) in [7, 11) is 1.38. The summed E-state index contributed by atoms with van der Waals surface area (Å²) in [6, 6.07) is 10.0. The Labute approximate surface area is 149 Å². The van der Waals surface area contributed by atoms with Crippen LogP contribution in [0.5, 0.6) is 5.75 Å². The lowest BCUT2D eigenvalue weighted by molar-refractivity contribution is -0.123. The van der Waals surface area contributed by atoms with Crippen molar-refractivity contribution in [3.8, 4) is 5.75 Å². The Morgan fingerprint density at radius 3 is 2.46 bits per heavy atom. The Morgan fingerprint density at radius 1 is 1.12 bits per heavy atom. The summed E-state index contributed by atoms with van der Waals surface area (Å²) in [5.41, 5.74) is 0.526. The molecule has 0 aromatic heterocycles. The molecule has 136 valence electrons. The third-order valence-corrected chi connectivity index (χ3v) is 3.59. The van der Waals surface area contributed by atoms with Crippen molar-refractivity contribution in [3.63, 3.8) is 0 Å². The molecule has 7 heteroatoms. The highest BCUT2D eigenvalue weighted by Gasteiger charge is 2.21. The SMILES string of the molecule is COc1ccc(C(=O)O[C@H](C)C(=O)Nc2cccc(C(C)=O)c2)c(F)c1. The van der Waals surface area contributed by atoms with Crippen molar-refractivity contribution in [2.45, 2.75) is 20.0 Å². The van der Waals surface area contributed by atoms with Crippen molar-refractivity contribution < 1.29 is 28.2 Å². The van der Waals surface area contributed by atoms with Gasteiger partial charge in [-0.15, -0.1) is 0 Å². The van der Waals surface area contributed by atoms with Crippen LogP contribution in [-0.4, -0.2) is 30.9 Å². The summed E-state index contributed by atoms with van der Waals surface area (Å²) < 4.78 is 23.8. The molecule has 1 amide bonds. The van der Waals surface area contributed by atoms with E-state index in [0.29, 0.717) is 11.3 Å². The number of hydrogen-bond acceptors (Lipinski definition) is 5. The molecule has 0 spiro atoms. The first kappa shape index (κ1) is 19.1. The van der Waals surface area contributed by atoms with E-state index < -0.39 is 23.8 Å². The quantitative estimate of drug-likeness (QED) is 0.633. The molecule has 0 unspecified atom stereocenters. The lowest BCUT2D eigenvalue weighted by Crippen LogP contribution is -2.30. The van der Waals surface area contributed by atoms with E-state index in [-0.39, 0.29) is 17.1 Å². The highest BCUT2D eigenvalue weighted by Crippen LogP contribution is 2.18. The predicted octanol–water partition coefficient (Wildman–Crippen LogP) is 3.22. The molecular formula is C19H18FNO5. The Bertz CT molecular complexity index is 850. The second-order valence-electron chi connectivity index (χ2n) is 5.52. The average molecular weight is 359 g/mol. The van der Waals surface area contributed by atoms with E-state index >= 15 is 0 Å². The van der Waals surface area contributed by atoms with Gasteiger partial charge in [-0.25, -0.2) is 9.18 Å². The Hall–Kier alpha value is -3.22. The number of halogens is 1. The number of rotatable bonds is 6. The summed E-state index contributed by atoms with van der Waals surface area (Å²) in [6.45, 7) is 2.78. The molecule has 2 aromatic carbocycles. The number of carbonyl (C=O) groups is 3. The van der Waals surface area contributed by atoms with Crippen LogP contribution in [0.3, 0.4) is 0 Å². The number of ketones is 1. The number of carbonyl (C=O) groups excluding carboxylic acids is 3. The smallest absolute Gasteiger partial charge is 0.341 e. The number of hydrogen-bond donors (Lipinski definition) is 1. The number of benzene rings is 2. The normalized spacial score (nSPS) is 11.4. The van der Waals surface area contributed by atoms with Gasteiger partial charge in [-0.05, 0) is 38.1 Å². The fourth-order valence-electron chi connectivity index (χ4n) is 2.13. The molecule has 0 heterocycles. The molecule has 2 aromatic rings. The summed E-state index contributed by atoms with van der Waals surface area (Å²) in [6.07, 6.45) is -1.16. The van der Waals surface area contributed by atoms with E-state index in [4.69, 9.17) is 9.47 Å². The topological polar surface area (TPSA) is 81.7 Å². The van der Waals surface area contributed by atoms with Gasteiger partial charge in [-0.2, -0.15) is 0 Å². The van der Waals surface area contributed by atoms with Crippen LogP contribution in [0, 0.1) is 5.82 Å². The highest BCUT2D eigenvalue weighted by atomic mass is 19.1. The van der Waals surface area contributed by atoms with Crippen LogP contribution in [-0.2, 0) is 9.53 Å². The summed E-state index contributed by atoms with van der Waals surface area (Å²) in [5.74, 6) is -2.26. The lowest BCUT2D eigenvalue weighted by Gasteiger charge is -2.14. The largest absolute Gasteiger partial charge is 0.497 e. The molecule has 0 aliphatic carbocycles. The Kier molecular flexibility index (Phi) is 6.06. The molecule has 1 N–H and O–H groups in total. The number of nitrogens with one attached hydrogen (secondary N) is 1. The minimum atomic E-state index is -1.16. The van der Waals surface area contributed by atoms with Gasteiger partial charge < -0.3 is 14.8 Å². The van der Waals surface area contributed by atoms with E-state index in [9.17, 15) is 18.8 Å². The standard InChI is InChI=1S/C19H18FNO5/c1-11(22)13-5-4-6-14(9-13)21-18(23)12(2)26-19(24)16-8-7-15(25-3)10-17(16)20/h4-10,12H,1-3H3,(H,21,23)/t12-/m1/s1. The zero-order valence-electron chi connectivity index (χ0n) is 14.5. The maximum atomic E-state index is 13.9. The van der Waals surface area contributed by atoms with Crippen LogP contribution in [0.4, 0.5) is 10.1 Å². The second kappa shape index (κ2) is 8.24. The molecule has 6 nitrogen and oxygen atoms in total. The van der Waals surface area contributed by atoms with Crippen molar-refractivity contribution in [3.05, 3.63) is 59.4 Å². The molecule has 0 fully saturated rings. The Morgan fingerprint density at radius 2 is 1.85 bits per heavy atom. The third-order valence-electron chi connectivity index (χ3n) is 3.59. The van der Waals surface area contributed by atoms with E-state index in [1.807, 2.05) is 0 Å². The first-order valence-corrected chi connectivity index (χ1v) is 7.78. The van der Waals surface area contributed by atoms with Gasteiger partial charge in [0.05, 0.1) is 12.7 Å². The number of ether oxygens (including phenoxy) is 2. The van der Waals surface area contributed by atoms with Crippen molar-refractivity contribution in [2.24, 2.45) is 0 Å². The van der Waals surface area contributed by atoms with Gasteiger partial charge in [-0.1, -0.05) is 12.1 Å². The van der Waals surface area contributed by atoms with E-state index in [1.54, 1.807) is 18.2 Å². The van der Waals surface area contributed by atoms with E-state index in [2.05, 4.69) is 5.32 Å². The number of methoxy groups -OCH3 is 1. The fraction of sp³-hybridized carbons (Fsp3) is 0.211. The van der Waals surface area contributed by atoms with Crippen LogP contribution >= 0.6 is 0 Å². The number of Topliss-reactive ketones (excluding diaryl/α,β-unsaturated/α-hetero) is 1. The van der Waals surface area contributed by atoms with Crippen LogP contribution in [0.15, 0.2) is 42.5 Å². The van der Waals surface area contributed by atoms with Gasteiger partial charge in [0.25, 0.3) is 5.91 Å². The van der Waals surface area contributed by atoms with Gasteiger partial charge in [0.15, 0.2) is 11.9 Å². The molecule has 1 atom stereocenters. The molecule has 0 radical (unpaired) electrons. The summed E-state index contributed by atoms with van der Waals surface area (Å²) in [5, 5.41) is 2.54. The van der Waals surface area contributed by atoms with Crippen LogP contribution in [0.2, 0.25) is 0 Å². The molecule has 0 saturated heterocycles. The van der Waals surface area contributed by atoms with Crippen molar-refractivity contribution in [2.75, 3.05) is 12.4 Å². The summed E-state index contributed by atoms with van der Waals surface area (Å²) in [4.78, 5) is 35.6. The highest BCUT2D eigenvalue weighted by molar-refractivity contribution is 5.99. The maximum absolute atomic E-state index is 13.9. The first-order chi connectivity index (χ1) is 12.3. The monoisotopic (exact) mass is 359 g/mol. The maximum Gasteiger partial charge on any atom is 0.341 e. The van der Waals surface area contributed by atoms with Crippen molar-refractivity contribution in [1.82, 2.24) is 0 Å². The van der Waals surface area contributed by atoms with Gasteiger partial charge >= 0.3 is 5.97 Å². The molecule has 0 aliphatic rings. The number of amides is 1. The zero-order valence-corrected chi connectivity index (χ0v) is 14.5. The molecule has 2 rings (SSSR count). The van der Waals surface area contributed by atoms with Crippen LogP contribution in [0.25, 0.3) is 0 Å². The van der Waals surface area contributed by atoms with Gasteiger partial charge in [0.2, 0.25) is 0 Å². The van der Waals surface area contributed by atoms with E-state index in [0.717, 1.165) is 6.07 Å². The number of anilines is 1. The van der Waals surface area contributed by atoms with Gasteiger partial charge in [-0.3, -0.25) is 9.59 Å². The molecule has 0 bridgehead atoms. The lowest BCUT2D eigenvalue weighted by atomic mass is 10.1. The van der Waals surface area contributed by atoms with Crippen LogP contribution < -0.4 is 10.1 Å². The Balaban J connectivity index is 2.03.